The Labute approximate surface area is 105 Å². The van der Waals surface area contributed by atoms with E-state index < -0.39 is 0 Å². The normalized spacial score (nSPS) is 20.2. The number of benzene rings is 1. The highest BCUT2D eigenvalue weighted by Gasteiger charge is 2.19. The van der Waals surface area contributed by atoms with Crippen molar-refractivity contribution in [2.75, 3.05) is 20.1 Å². The Morgan fingerprint density at radius 2 is 1.88 bits per heavy atom. The van der Waals surface area contributed by atoms with Crippen molar-refractivity contribution < 1.29 is 0 Å². The van der Waals surface area contributed by atoms with E-state index in [1.165, 1.54) is 35.2 Å². The van der Waals surface area contributed by atoms with E-state index in [4.69, 9.17) is 0 Å². The van der Waals surface area contributed by atoms with Gasteiger partial charge in [-0.3, -0.25) is 4.90 Å². The maximum absolute atomic E-state index is 3.43. The third-order valence-corrected chi connectivity index (χ3v) is 4.03. The molecule has 0 saturated carbocycles. The standard InChI is InChI=1S/C15H24N2/c1-11-7-13(3)14(8-12(11)2)10-17(4)15-5-6-16-9-15/h7-8,15-16H,5-6,9-10H2,1-4H3. The maximum Gasteiger partial charge on any atom is 0.0236 e. The van der Waals surface area contributed by atoms with Gasteiger partial charge in [-0.05, 0) is 63.0 Å². The van der Waals surface area contributed by atoms with Gasteiger partial charge in [0, 0.05) is 19.1 Å². The SMILES string of the molecule is Cc1cc(C)c(CN(C)C2CCNC2)cc1C. The Bertz CT molecular complexity index is 392. The fraction of sp³-hybridized carbons (Fsp3) is 0.600. The van der Waals surface area contributed by atoms with Crippen LogP contribution in [-0.2, 0) is 6.54 Å². The van der Waals surface area contributed by atoms with Crippen molar-refractivity contribution in [1.82, 2.24) is 10.2 Å². The number of hydrogen-bond donors (Lipinski definition) is 1. The first-order valence-corrected chi connectivity index (χ1v) is 6.55. The van der Waals surface area contributed by atoms with Crippen LogP contribution in [0.15, 0.2) is 12.1 Å². The summed E-state index contributed by atoms with van der Waals surface area (Å²) in [5.41, 5.74) is 5.70. The quantitative estimate of drug-likeness (QED) is 0.861. The number of nitrogens with zero attached hydrogens (tertiary/aromatic N) is 1. The Hall–Kier alpha value is -0.860. The second-order valence-electron chi connectivity index (χ2n) is 5.42. The summed E-state index contributed by atoms with van der Waals surface area (Å²) in [5, 5.41) is 3.43. The first-order valence-electron chi connectivity index (χ1n) is 6.55. The highest BCUT2D eigenvalue weighted by atomic mass is 15.2. The molecule has 0 radical (unpaired) electrons. The van der Waals surface area contributed by atoms with Crippen LogP contribution >= 0.6 is 0 Å². The number of nitrogens with one attached hydrogen (secondary N) is 1. The molecule has 1 fully saturated rings. The van der Waals surface area contributed by atoms with E-state index in [0.717, 1.165) is 13.1 Å². The molecule has 2 rings (SSSR count). The number of hydrogen-bond acceptors (Lipinski definition) is 2. The predicted octanol–water partition coefficient (Wildman–Crippen LogP) is 2.41. The van der Waals surface area contributed by atoms with E-state index in [1.807, 2.05) is 0 Å². The second kappa shape index (κ2) is 5.19. The predicted molar refractivity (Wildman–Crippen MR) is 73.4 cm³/mol. The average Bonchev–Trinajstić information content (AvgIpc) is 2.79. The van der Waals surface area contributed by atoms with Gasteiger partial charge in [-0.15, -0.1) is 0 Å². The minimum absolute atomic E-state index is 0.705. The van der Waals surface area contributed by atoms with Gasteiger partial charge in [-0.25, -0.2) is 0 Å². The van der Waals surface area contributed by atoms with E-state index in [9.17, 15) is 0 Å². The molecular weight excluding hydrogens is 208 g/mol. The molecule has 1 aromatic carbocycles. The Kier molecular flexibility index (Phi) is 3.85. The monoisotopic (exact) mass is 232 g/mol. The van der Waals surface area contributed by atoms with Gasteiger partial charge in [0.2, 0.25) is 0 Å². The van der Waals surface area contributed by atoms with Crippen molar-refractivity contribution in [1.29, 1.82) is 0 Å². The van der Waals surface area contributed by atoms with E-state index in [-0.39, 0.29) is 0 Å². The summed E-state index contributed by atoms with van der Waals surface area (Å²) in [6, 6.07) is 5.37. The molecule has 1 heterocycles. The molecule has 0 aromatic heterocycles. The smallest absolute Gasteiger partial charge is 0.0236 e. The molecule has 0 bridgehead atoms. The van der Waals surface area contributed by atoms with Crippen LogP contribution in [0.5, 0.6) is 0 Å². The average molecular weight is 232 g/mol. The first-order chi connectivity index (χ1) is 8.08. The van der Waals surface area contributed by atoms with Crippen LogP contribution < -0.4 is 5.32 Å². The van der Waals surface area contributed by atoms with Crippen LogP contribution in [0.1, 0.15) is 28.7 Å². The van der Waals surface area contributed by atoms with Crippen molar-refractivity contribution in [2.24, 2.45) is 0 Å². The summed E-state index contributed by atoms with van der Waals surface area (Å²) >= 11 is 0. The van der Waals surface area contributed by atoms with Crippen LogP contribution in [0.25, 0.3) is 0 Å². The van der Waals surface area contributed by atoms with Crippen LogP contribution in [0.2, 0.25) is 0 Å². The first kappa shape index (κ1) is 12.6. The zero-order valence-corrected chi connectivity index (χ0v) is 11.5. The molecule has 0 aliphatic carbocycles. The fourth-order valence-corrected chi connectivity index (χ4v) is 2.60. The molecule has 1 aromatic rings. The summed E-state index contributed by atoms with van der Waals surface area (Å²) in [4.78, 5) is 2.48. The van der Waals surface area contributed by atoms with Gasteiger partial charge < -0.3 is 5.32 Å². The van der Waals surface area contributed by atoms with E-state index in [2.05, 4.69) is 50.2 Å². The van der Waals surface area contributed by atoms with E-state index in [1.54, 1.807) is 0 Å². The molecule has 94 valence electrons. The molecule has 1 saturated heterocycles. The molecule has 17 heavy (non-hydrogen) atoms. The van der Waals surface area contributed by atoms with Crippen molar-refractivity contribution >= 4 is 0 Å². The molecule has 1 atom stereocenters. The van der Waals surface area contributed by atoms with Crippen molar-refractivity contribution in [2.45, 2.75) is 39.8 Å². The molecule has 1 aliphatic rings. The second-order valence-corrected chi connectivity index (χ2v) is 5.42. The number of aryl methyl sites for hydroxylation is 3. The minimum Gasteiger partial charge on any atom is -0.315 e. The van der Waals surface area contributed by atoms with Crippen LogP contribution in [0, 0.1) is 20.8 Å². The zero-order chi connectivity index (χ0) is 12.4. The minimum atomic E-state index is 0.705. The van der Waals surface area contributed by atoms with Crippen molar-refractivity contribution in [3.8, 4) is 0 Å². The van der Waals surface area contributed by atoms with Crippen LogP contribution in [-0.4, -0.2) is 31.1 Å². The third-order valence-electron chi connectivity index (χ3n) is 4.03. The Morgan fingerprint density at radius 3 is 2.53 bits per heavy atom. The molecule has 0 spiro atoms. The van der Waals surface area contributed by atoms with Crippen LogP contribution in [0.3, 0.4) is 0 Å². The molecular formula is C15H24N2. The largest absolute Gasteiger partial charge is 0.315 e. The van der Waals surface area contributed by atoms with Crippen molar-refractivity contribution in [3.05, 3.63) is 34.4 Å². The molecule has 2 heteroatoms. The van der Waals surface area contributed by atoms with Gasteiger partial charge in [0.25, 0.3) is 0 Å². The highest BCUT2D eigenvalue weighted by Crippen LogP contribution is 2.18. The summed E-state index contributed by atoms with van der Waals surface area (Å²) in [6.45, 7) is 10.00. The number of rotatable bonds is 3. The third kappa shape index (κ3) is 2.88. The lowest BCUT2D eigenvalue weighted by atomic mass is 10.00. The Balaban J connectivity index is 2.09. The van der Waals surface area contributed by atoms with Gasteiger partial charge in [-0.1, -0.05) is 12.1 Å². The Morgan fingerprint density at radius 1 is 1.18 bits per heavy atom. The van der Waals surface area contributed by atoms with Gasteiger partial charge in [0.15, 0.2) is 0 Å². The lowest BCUT2D eigenvalue weighted by Crippen LogP contribution is -2.33. The fourth-order valence-electron chi connectivity index (χ4n) is 2.60. The van der Waals surface area contributed by atoms with Gasteiger partial charge >= 0.3 is 0 Å². The topological polar surface area (TPSA) is 15.3 Å². The van der Waals surface area contributed by atoms with E-state index in [0.29, 0.717) is 6.04 Å². The lowest BCUT2D eigenvalue weighted by Gasteiger charge is -2.24. The van der Waals surface area contributed by atoms with Gasteiger partial charge in [-0.2, -0.15) is 0 Å². The molecule has 0 amide bonds. The number of likely N-dealkylation sites (N-methyl/N-ethyl adjacent to an activating group) is 1. The summed E-state index contributed by atoms with van der Waals surface area (Å²) in [7, 11) is 2.24. The molecule has 1 unspecified atom stereocenters. The van der Waals surface area contributed by atoms with Crippen LogP contribution in [0.4, 0.5) is 0 Å². The lowest BCUT2D eigenvalue weighted by molar-refractivity contribution is 0.248. The van der Waals surface area contributed by atoms with Gasteiger partial charge in [0.1, 0.15) is 0 Å². The molecule has 2 nitrogen and oxygen atoms in total. The zero-order valence-electron chi connectivity index (χ0n) is 11.5. The van der Waals surface area contributed by atoms with Gasteiger partial charge in [0.05, 0.1) is 0 Å². The maximum atomic E-state index is 3.43. The molecule has 1 N–H and O–H groups in total. The summed E-state index contributed by atoms with van der Waals surface area (Å²) in [6.07, 6.45) is 1.28. The highest BCUT2D eigenvalue weighted by molar-refractivity contribution is 5.36. The summed E-state index contributed by atoms with van der Waals surface area (Å²) < 4.78 is 0. The van der Waals surface area contributed by atoms with E-state index >= 15 is 0 Å². The summed E-state index contributed by atoms with van der Waals surface area (Å²) in [5.74, 6) is 0. The van der Waals surface area contributed by atoms with Crippen molar-refractivity contribution in [3.63, 3.8) is 0 Å². The molecule has 1 aliphatic heterocycles.